The van der Waals surface area contributed by atoms with Crippen LogP contribution in [0.3, 0.4) is 0 Å². The lowest BCUT2D eigenvalue weighted by Crippen LogP contribution is -2.25. The van der Waals surface area contributed by atoms with Crippen molar-refractivity contribution in [2.75, 3.05) is 13.4 Å². The highest BCUT2D eigenvalue weighted by Gasteiger charge is 2.34. The number of benzene rings is 1. The Hall–Kier alpha value is -0.753. The van der Waals surface area contributed by atoms with Gasteiger partial charge < -0.3 is 14.8 Å². The van der Waals surface area contributed by atoms with E-state index in [-0.39, 0.29) is 24.7 Å². The molecule has 0 radical (unpaired) electrons. The first kappa shape index (κ1) is 19.6. The van der Waals surface area contributed by atoms with Crippen LogP contribution in [0.4, 0.5) is 0 Å². The number of carbonyl (C=O) groups is 1. The Morgan fingerprint density at radius 3 is 2.58 bits per heavy atom. The number of hydrogen-bond donors (Lipinski definition) is 1. The predicted molar refractivity (Wildman–Crippen MR) is 101 cm³/mol. The summed E-state index contributed by atoms with van der Waals surface area (Å²) in [6.07, 6.45) is 0.383. The zero-order valence-electron chi connectivity index (χ0n) is 14.6. The van der Waals surface area contributed by atoms with Gasteiger partial charge in [0.15, 0.2) is 6.79 Å². The third-order valence-corrected chi connectivity index (χ3v) is 6.68. The fourth-order valence-electron chi connectivity index (χ4n) is 2.70. The van der Waals surface area contributed by atoms with E-state index in [2.05, 4.69) is 25.0 Å². The van der Waals surface area contributed by atoms with Crippen molar-refractivity contribution in [2.45, 2.75) is 51.0 Å². The van der Waals surface area contributed by atoms with Crippen LogP contribution >= 0.6 is 23.2 Å². The number of amides is 1. The summed E-state index contributed by atoms with van der Waals surface area (Å²) < 4.78 is 11.4. The van der Waals surface area contributed by atoms with Crippen LogP contribution < -0.4 is 10.1 Å². The van der Waals surface area contributed by atoms with Gasteiger partial charge in [0.05, 0.1) is 10.0 Å². The van der Waals surface area contributed by atoms with Gasteiger partial charge in [-0.15, -0.1) is 0 Å². The van der Waals surface area contributed by atoms with E-state index in [0.29, 0.717) is 28.8 Å². The van der Waals surface area contributed by atoms with E-state index in [9.17, 15) is 4.79 Å². The third kappa shape index (κ3) is 5.12. The van der Waals surface area contributed by atoms with E-state index in [1.807, 2.05) is 6.92 Å². The maximum atomic E-state index is 11.7. The minimum atomic E-state index is -1.12. The average Bonchev–Trinajstić information content (AvgIpc) is 2.80. The Morgan fingerprint density at radius 2 is 2.00 bits per heavy atom. The Bertz CT molecular complexity index is 604. The highest BCUT2D eigenvalue weighted by Crippen LogP contribution is 2.42. The van der Waals surface area contributed by atoms with Gasteiger partial charge >= 0.3 is 0 Å². The summed E-state index contributed by atoms with van der Waals surface area (Å²) in [6, 6.07) is 4.58. The molecule has 1 saturated heterocycles. The largest absolute Gasteiger partial charge is 0.467 e. The molecule has 24 heavy (non-hydrogen) atoms. The molecule has 2 rings (SSSR count). The third-order valence-electron chi connectivity index (χ3n) is 4.16. The lowest BCUT2D eigenvalue weighted by molar-refractivity contribution is -0.119. The molecule has 0 unspecified atom stereocenters. The van der Waals surface area contributed by atoms with E-state index >= 15 is 0 Å². The van der Waals surface area contributed by atoms with E-state index in [1.165, 1.54) is 0 Å². The van der Waals surface area contributed by atoms with Crippen molar-refractivity contribution in [3.8, 4) is 5.75 Å². The Morgan fingerprint density at radius 1 is 1.29 bits per heavy atom. The number of nitrogens with one attached hydrogen (secondary N) is 1. The quantitative estimate of drug-likeness (QED) is 0.418. The summed E-state index contributed by atoms with van der Waals surface area (Å²) in [5, 5.41) is 3.82. The summed E-state index contributed by atoms with van der Waals surface area (Å²) in [5.74, 6) is 0.590. The van der Waals surface area contributed by atoms with Gasteiger partial charge in [0.2, 0.25) is 5.91 Å². The van der Waals surface area contributed by atoms with Crippen LogP contribution in [-0.2, 0) is 9.53 Å². The molecule has 2 atom stereocenters. The number of ether oxygens (including phenoxy) is 2. The van der Waals surface area contributed by atoms with E-state index in [4.69, 9.17) is 32.7 Å². The lowest BCUT2D eigenvalue weighted by atomic mass is 9.92. The zero-order valence-corrected chi connectivity index (χ0v) is 17.1. The molecule has 1 fully saturated rings. The smallest absolute Gasteiger partial charge is 0.220 e. The Labute approximate surface area is 154 Å². The molecule has 4 nitrogen and oxygen atoms in total. The molecule has 1 N–H and O–H groups in total. The second kappa shape index (κ2) is 8.08. The maximum absolute atomic E-state index is 11.7. The van der Waals surface area contributed by atoms with Crippen molar-refractivity contribution in [3.63, 3.8) is 0 Å². The average molecular weight is 390 g/mol. The minimum absolute atomic E-state index is 0.0105. The molecule has 1 aromatic carbocycles. The molecule has 1 amide bonds. The fourth-order valence-corrected chi connectivity index (χ4v) is 3.92. The van der Waals surface area contributed by atoms with Gasteiger partial charge in [-0.05, 0) is 25.1 Å². The highest BCUT2D eigenvalue weighted by atomic mass is 35.5. The number of halogens is 2. The van der Waals surface area contributed by atoms with Crippen molar-refractivity contribution < 1.29 is 14.3 Å². The maximum Gasteiger partial charge on any atom is 0.220 e. The molecule has 1 aliphatic rings. The van der Waals surface area contributed by atoms with Gasteiger partial charge in [-0.1, -0.05) is 42.8 Å². The molecule has 0 aliphatic carbocycles. The molecule has 1 heterocycles. The van der Waals surface area contributed by atoms with Gasteiger partial charge in [-0.3, -0.25) is 4.79 Å². The second-order valence-corrected chi connectivity index (χ2v) is 13.8. The van der Waals surface area contributed by atoms with Gasteiger partial charge in [-0.2, -0.15) is 0 Å². The normalized spacial score (nSPS) is 21.0. The van der Waals surface area contributed by atoms with Crippen molar-refractivity contribution in [2.24, 2.45) is 0 Å². The molecular weight excluding hydrogens is 365 g/mol. The molecule has 0 spiro atoms. The summed E-state index contributed by atoms with van der Waals surface area (Å²) in [7, 11) is -1.12. The molecule has 0 aromatic heterocycles. The number of carbonyl (C=O) groups excluding carboxylic acids is 1. The van der Waals surface area contributed by atoms with Crippen LogP contribution in [0.15, 0.2) is 12.1 Å². The van der Waals surface area contributed by atoms with Gasteiger partial charge in [0.1, 0.15) is 5.75 Å². The first-order valence-corrected chi connectivity index (χ1v) is 12.6. The summed E-state index contributed by atoms with van der Waals surface area (Å²) >= 11 is 12.6. The van der Waals surface area contributed by atoms with Crippen LogP contribution in [0.1, 0.15) is 24.8 Å². The van der Waals surface area contributed by atoms with Crippen molar-refractivity contribution >= 4 is 37.2 Å². The summed E-state index contributed by atoms with van der Waals surface area (Å²) in [5.41, 5.74) is 0.781. The van der Waals surface area contributed by atoms with E-state index < -0.39 is 8.07 Å². The molecule has 0 saturated carbocycles. The van der Waals surface area contributed by atoms with Gasteiger partial charge in [0, 0.05) is 38.6 Å². The fraction of sp³-hybridized carbons (Fsp3) is 0.588. The molecule has 134 valence electrons. The molecular formula is C17H25Cl2NO3Si. The van der Waals surface area contributed by atoms with Crippen molar-refractivity contribution in [1.82, 2.24) is 5.32 Å². The molecule has 1 aromatic rings. The Balaban J connectivity index is 2.07. The molecule has 1 aliphatic heterocycles. The predicted octanol–water partition coefficient (Wildman–Crippen LogP) is 4.68. The molecule has 7 heteroatoms. The lowest BCUT2D eigenvalue weighted by Gasteiger charge is -2.21. The van der Waals surface area contributed by atoms with Crippen molar-refractivity contribution in [1.29, 1.82) is 0 Å². The minimum Gasteiger partial charge on any atom is -0.467 e. The van der Waals surface area contributed by atoms with Crippen LogP contribution in [0, 0.1) is 0 Å². The van der Waals surface area contributed by atoms with E-state index in [0.717, 1.165) is 11.6 Å². The standard InChI is InChI=1S/C17H25Cl2NO3Si/c1-11-12(9-15(21)20-11)16-14(6-5-13(18)17(16)19)23-10-22-7-8-24(2,3)4/h5-6,11-12H,7-10H2,1-4H3,(H,20,21)/t11-,12-/m0/s1. The summed E-state index contributed by atoms with van der Waals surface area (Å²) in [4.78, 5) is 11.7. The van der Waals surface area contributed by atoms with Crippen LogP contribution in [0.25, 0.3) is 0 Å². The molecule has 0 bridgehead atoms. The van der Waals surface area contributed by atoms with Crippen LogP contribution in [0.2, 0.25) is 35.7 Å². The highest BCUT2D eigenvalue weighted by molar-refractivity contribution is 6.76. The second-order valence-electron chi connectivity index (χ2n) is 7.42. The van der Waals surface area contributed by atoms with Gasteiger partial charge in [-0.25, -0.2) is 0 Å². The van der Waals surface area contributed by atoms with Crippen LogP contribution in [-0.4, -0.2) is 33.4 Å². The SMILES string of the molecule is C[C@@H]1NC(=O)C[C@@H]1c1c(OCOCC[Si](C)(C)C)ccc(Cl)c1Cl. The van der Waals surface area contributed by atoms with E-state index in [1.54, 1.807) is 12.1 Å². The van der Waals surface area contributed by atoms with Gasteiger partial charge in [0.25, 0.3) is 0 Å². The number of hydrogen-bond acceptors (Lipinski definition) is 3. The van der Waals surface area contributed by atoms with Crippen LogP contribution in [0.5, 0.6) is 5.75 Å². The summed E-state index contributed by atoms with van der Waals surface area (Å²) in [6.45, 7) is 9.73. The zero-order chi connectivity index (χ0) is 17.9. The number of rotatable bonds is 7. The first-order valence-electron chi connectivity index (χ1n) is 8.17. The van der Waals surface area contributed by atoms with Crippen molar-refractivity contribution in [3.05, 3.63) is 27.7 Å². The Kier molecular flexibility index (Phi) is 6.59. The first-order chi connectivity index (χ1) is 11.2. The monoisotopic (exact) mass is 389 g/mol. The topological polar surface area (TPSA) is 47.6 Å².